The molecule has 0 radical (unpaired) electrons. The standard InChI is InChI=1S/C28H30O4/c1-2-3-4-24-15-23(11-14-28(24)32-19-27-18-31-27)22-7-5-20(6-8-22)21-9-12-25(13-10-21)29-16-26-17-30-26/h5-15,26-27H,2-4,16-19H2,1H3. The van der Waals surface area contributed by atoms with E-state index in [1.165, 1.54) is 34.2 Å². The topological polar surface area (TPSA) is 43.5 Å². The van der Waals surface area contributed by atoms with Gasteiger partial charge in [0.05, 0.1) is 13.2 Å². The number of unbranched alkanes of at least 4 members (excludes halogenated alkanes) is 1. The van der Waals surface area contributed by atoms with E-state index in [-0.39, 0.29) is 12.2 Å². The molecule has 0 spiro atoms. The van der Waals surface area contributed by atoms with E-state index < -0.39 is 0 Å². The zero-order chi connectivity index (χ0) is 21.8. The Labute approximate surface area is 190 Å². The van der Waals surface area contributed by atoms with Crippen molar-refractivity contribution in [2.75, 3.05) is 26.4 Å². The molecule has 0 saturated carbocycles. The third-order valence-electron chi connectivity index (χ3n) is 5.93. The third-order valence-corrected chi connectivity index (χ3v) is 5.93. The summed E-state index contributed by atoms with van der Waals surface area (Å²) in [5.74, 6) is 1.88. The molecule has 2 unspecified atom stereocenters. The maximum atomic E-state index is 6.03. The van der Waals surface area contributed by atoms with Gasteiger partial charge in [0.25, 0.3) is 0 Å². The van der Waals surface area contributed by atoms with Gasteiger partial charge in [0.1, 0.15) is 36.9 Å². The first-order chi connectivity index (χ1) is 15.8. The van der Waals surface area contributed by atoms with Gasteiger partial charge in [0.15, 0.2) is 0 Å². The SMILES string of the molecule is CCCCc1cc(-c2ccc(-c3ccc(OCC4CO4)cc3)cc2)ccc1OCC1CO1. The van der Waals surface area contributed by atoms with E-state index >= 15 is 0 Å². The van der Waals surface area contributed by atoms with Crippen LogP contribution < -0.4 is 9.47 Å². The molecule has 0 aliphatic carbocycles. The lowest BCUT2D eigenvalue weighted by Gasteiger charge is -2.13. The minimum absolute atomic E-state index is 0.272. The molecule has 2 heterocycles. The molecular formula is C28H30O4. The number of epoxide rings is 2. The van der Waals surface area contributed by atoms with Crippen LogP contribution in [0.2, 0.25) is 0 Å². The van der Waals surface area contributed by atoms with Crippen molar-refractivity contribution in [2.24, 2.45) is 0 Å². The van der Waals surface area contributed by atoms with Crippen LogP contribution in [0.4, 0.5) is 0 Å². The van der Waals surface area contributed by atoms with Crippen molar-refractivity contribution in [3.8, 4) is 33.8 Å². The summed E-state index contributed by atoms with van der Waals surface area (Å²) in [5.41, 5.74) is 6.10. The molecule has 2 saturated heterocycles. The molecular weight excluding hydrogens is 400 g/mol. The second-order valence-corrected chi connectivity index (χ2v) is 8.56. The zero-order valence-corrected chi connectivity index (χ0v) is 18.6. The quantitative estimate of drug-likeness (QED) is 0.354. The molecule has 0 bridgehead atoms. The summed E-state index contributed by atoms with van der Waals surface area (Å²) in [7, 11) is 0. The fourth-order valence-electron chi connectivity index (χ4n) is 3.76. The molecule has 3 aromatic carbocycles. The fraction of sp³-hybridized carbons (Fsp3) is 0.357. The minimum atomic E-state index is 0.272. The van der Waals surface area contributed by atoms with Gasteiger partial charge in [-0.1, -0.05) is 55.8 Å². The third kappa shape index (κ3) is 5.50. The Balaban J connectivity index is 1.28. The van der Waals surface area contributed by atoms with Crippen LogP contribution in [-0.4, -0.2) is 38.6 Å². The Hall–Kier alpha value is -2.82. The van der Waals surface area contributed by atoms with Crippen LogP contribution in [0.1, 0.15) is 25.3 Å². The summed E-state index contributed by atoms with van der Waals surface area (Å²) in [4.78, 5) is 0. The first-order valence-corrected chi connectivity index (χ1v) is 11.6. The number of hydrogen-bond donors (Lipinski definition) is 0. The first kappa shape index (κ1) is 21.0. The van der Waals surface area contributed by atoms with Gasteiger partial charge in [-0.3, -0.25) is 0 Å². The maximum absolute atomic E-state index is 6.03. The van der Waals surface area contributed by atoms with Crippen molar-refractivity contribution in [2.45, 2.75) is 38.4 Å². The molecule has 32 heavy (non-hydrogen) atoms. The summed E-state index contributed by atoms with van der Waals surface area (Å²) in [5, 5.41) is 0. The van der Waals surface area contributed by atoms with E-state index in [1.807, 2.05) is 12.1 Å². The van der Waals surface area contributed by atoms with Gasteiger partial charge in [0.2, 0.25) is 0 Å². The lowest BCUT2D eigenvalue weighted by atomic mass is 9.97. The van der Waals surface area contributed by atoms with Gasteiger partial charge >= 0.3 is 0 Å². The molecule has 0 amide bonds. The summed E-state index contributed by atoms with van der Waals surface area (Å²) in [6, 6.07) is 23.6. The molecule has 166 valence electrons. The van der Waals surface area contributed by atoms with Crippen LogP contribution in [0.15, 0.2) is 66.7 Å². The van der Waals surface area contributed by atoms with Crippen LogP contribution in [0.25, 0.3) is 22.3 Å². The Bertz CT molecular complexity index is 1020. The van der Waals surface area contributed by atoms with Crippen LogP contribution in [0.3, 0.4) is 0 Å². The van der Waals surface area contributed by atoms with Crippen molar-refractivity contribution in [3.05, 3.63) is 72.3 Å². The molecule has 4 nitrogen and oxygen atoms in total. The summed E-state index contributed by atoms with van der Waals surface area (Å²) >= 11 is 0. The van der Waals surface area contributed by atoms with Gasteiger partial charge in [-0.05, 0) is 64.9 Å². The highest BCUT2D eigenvalue weighted by Crippen LogP contribution is 2.31. The van der Waals surface area contributed by atoms with E-state index in [0.717, 1.165) is 37.6 Å². The predicted octanol–water partition coefficient (Wildman–Crippen LogP) is 5.92. The lowest BCUT2D eigenvalue weighted by molar-refractivity contribution is 0.261. The predicted molar refractivity (Wildman–Crippen MR) is 126 cm³/mol. The van der Waals surface area contributed by atoms with E-state index in [1.54, 1.807) is 0 Å². The summed E-state index contributed by atoms with van der Waals surface area (Å²) < 4.78 is 22.2. The Morgan fingerprint density at radius 3 is 1.84 bits per heavy atom. The molecule has 2 fully saturated rings. The van der Waals surface area contributed by atoms with Crippen LogP contribution in [0, 0.1) is 0 Å². The van der Waals surface area contributed by atoms with Crippen LogP contribution >= 0.6 is 0 Å². The van der Waals surface area contributed by atoms with Gasteiger partial charge in [-0.2, -0.15) is 0 Å². The molecule has 3 aromatic rings. The van der Waals surface area contributed by atoms with Crippen molar-refractivity contribution in [3.63, 3.8) is 0 Å². The van der Waals surface area contributed by atoms with Crippen molar-refractivity contribution >= 4 is 0 Å². The number of rotatable bonds is 11. The molecule has 5 rings (SSSR count). The smallest absolute Gasteiger partial charge is 0.122 e. The van der Waals surface area contributed by atoms with Crippen molar-refractivity contribution < 1.29 is 18.9 Å². The van der Waals surface area contributed by atoms with Crippen LogP contribution in [0.5, 0.6) is 11.5 Å². The van der Waals surface area contributed by atoms with Crippen LogP contribution in [-0.2, 0) is 15.9 Å². The second-order valence-electron chi connectivity index (χ2n) is 8.56. The number of benzene rings is 3. The zero-order valence-electron chi connectivity index (χ0n) is 18.6. The number of hydrogen-bond acceptors (Lipinski definition) is 4. The Morgan fingerprint density at radius 1 is 0.719 bits per heavy atom. The highest BCUT2D eigenvalue weighted by Gasteiger charge is 2.24. The lowest BCUT2D eigenvalue weighted by Crippen LogP contribution is -2.06. The molecule has 0 N–H and O–H groups in total. The highest BCUT2D eigenvalue weighted by atomic mass is 16.6. The molecule has 2 aliphatic rings. The Kier molecular flexibility index (Phi) is 6.42. The number of aryl methyl sites for hydroxylation is 1. The second kappa shape index (κ2) is 9.76. The number of ether oxygens (including phenoxy) is 4. The van der Waals surface area contributed by atoms with Gasteiger partial charge < -0.3 is 18.9 Å². The van der Waals surface area contributed by atoms with E-state index in [0.29, 0.717) is 13.2 Å². The molecule has 0 aromatic heterocycles. The van der Waals surface area contributed by atoms with E-state index in [2.05, 4.69) is 61.5 Å². The molecule has 2 atom stereocenters. The maximum Gasteiger partial charge on any atom is 0.122 e. The monoisotopic (exact) mass is 430 g/mol. The van der Waals surface area contributed by atoms with Gasteiger partial charge in [-0.15, -0.1) is 0 Å². The van der Waals surface area contributed by atoms with E-state index in [4.69, 9.17) is 18.9 Å². The normalized spacial score (nSPS) is 18.9. The van der Waals surface area contributed by atoms with E-state index in [9.17, 15) is 0 Å². The highest BCUT2D eigenvalue weighted by molar-refractivity contribution is 5.71. The average molecular weight is 431 g/mol. The van der Waals surface area contributed by atoms with Crippen molar-refractivity contribution in [1.29, 1.82) is 0 Å². The molecule has 4 heteroatoms. The van der Waals surface area contributed by atoms with Gasteiger partial charge in [0, 0.05) is 0 Å². The summed E-state index contributed by atoms with van der Waals surface area (Å²) in [6.45, 7) is 5.13. The van der Waals surface area contributed by atoms with Crippen molar-refractivity contribution in [1.82, 2.24) is 0 Å². The van der Waals surface area contributed by atoms with Gasteiger partial charge in [-0.25, -0.2) is 0 Å². The Morgan fingerprint density at radius 2 is 1.25 bits per heavy atom. The average Bonchev–Trinajstić information content (AvgIpc) is 3.76. The largest absolute Gasteiger partial charge is 0.491 e. The summed E-state index contributed by atoms with van der Waals surface area (Å²) in [6.07, 6.45) is 3.91. The fourth-order valence-corrected chi connectivity index (χ4v) is 3.76. The first-order valence-electron chi connectivity index (χ1n) is 11.6. The minimum Gasteiger partial charge on any atom is -0.491 e. The molecule has 2 aliphatic heterocycles.